The van der Waals surface area contributed by atoms with Crippen LogP contribution in [0.4, 0.5) is 13.2 Å². The Morgan fingerprint density at radius 1 is 1.14 bits per heavy atom. The molecule has 0 aliphatic carbocycles. The lowest BCUT2D eigenvalue weighted by Gasteiger charge is -2.27. The van der Waals surface area contributed by atoms with Gasteiger partial charge in [-0.25, -0.2) is 4.79 Å². The van der Waals surface area contributed by atoms with Gasteiger partial charge in [-0.1, -0.05) is 30.3 Å². The summed E-state index contributed by atoms with van der Waals surface area (Å²) in [5.74, 6) is -1.47. The number of fused-ring (bicyclic) bond motifs is 1. The molecule has 8 heteroatoms. The molecule has 0 saturated heterocycles. The quantitative estimate of drug-likeness (QED) is 0.628. The molecule has 29 heavy (non-hydrogen) atoms. The molecule has 1 unspecified atom stereocenters. The Bertz CT molecular complexity index is 1010. The van der Waals surface area contributed by atoms with Gasteiger partial charge in [-0.3, -0.25) is 0 Å². The van der Waals surface area contributed by atoms with Gasteiger partial charge in [0.05, 0.1) is 13.7 Å². The van der Waals surface area contributed by atoms with Crippen molar-refractivity contribution in [2.45, 2.75) is 25.2 Å². The van der Waals surface area contributed by atoms with Crippen LogP contribution in [0.1, 0.15) is 18.1 Å². The van der Waals surface area contributed by atoms with E-state index in [1.807, 2.05) is 30.3 Å². The minimum absolute atomic E-state index is 0.0492. The number of methoxy groups -OCH3 is 1. The number of nitrogens with zero attached hydrogens (tertiary/aromatic N) is 1. The summed E-state index contributed by atoms with van der Waals surface area (Å²) in [7, 11) is 1.38. The van der Waals surface area contributed by atoms with Crippen LogP contribution in [-0.2, 0) is 21.7 Å². The second-order valence-corrected chi connectivity index (χ2v) is 6.47. The summed E-state index contributed by atoms with van der Waals surface area (Å²) in [5, 5.41) is 10.7. The summed E-state index contributed by atoms with van der Waals surface area (Å²) < 4.78 is 53.0. The number of alkyl halides is 3. The number of hydrogen-bond acceptors (Lipinski definition) is 4. The summed E-state index contributed by atoms with van der Waals surface area (Å²) in [6, 6.07) is 13.7. The maximum atomic E-state index is 13.9. The highest BCUT2D eigenvalue weighted by Gasteiger charge is 2.63. The van der Waals surface area contributed by atoms with Crippen molar-refractivity contribution in [2.75, 3.05) is 13.7 Å². The van der Waals surface area contributed by atoms with Gasteiger partial charge < -0.3 is 19.1 Å². The molecule has 3 aromatic rings. The van der Waals surface area contributed by atoms with Crippen molar-refractivity contribution in [2.24, 2.45) is 0 Å². The summed E-state index contributed by atoms with van der Waals surface area (Å²) in [6.45, 7) is 1.32. The van der Waals surface area contributed by atoms with Gasteiger partial charge in [0.25, 0.3) is 5.60 Å². The molecule has 1 aromatic heterocycles. The van der Waals surface area contributed by atoms with Crippen molar-refractivity contribution >= 4 is 16.9 Å². The normalized spacial score (nSPS) is 13.9. The highest BCUT2D eigenvalue weighted by atomic mass is 19.4. The van der Waals surface area contributed by atoms with Crippen LogP contribution in [0.3, 0.4) is 0 Å². The van der Waals surface area contributed by atoms with Crippen LogP contribution in [0.5, 0.6) is 5.75 Å². The first-order valence-corrected chi connectivity index (χ1v) is 8.90. The van der Waals surface area contributed by atoms with Gasteiger partial charge in [0.2, 0.25) is 0 Å². The molecule has 1 N–H and O–H groups in total. The van der Waals surface area contributed by atoms with E-state index >= 15 is 0 Å². The molecule has 0 fully saturated rings. The Labute approximate surface area is 165 Å². The molecular formula is C21H20F3NO4. The molecule has 0 amide bonds. The number of carbonyl (C=O) groups excluding carboxylic acids is 1. The number of esters is 1. The SMILES string of the molecule is CCOC(=O)C(O)(c1cn(Cc2ccccc2)c2ccc(OC)cc12)C(F)(F)F. The topological polar surface area (TPSA) is 60.7 Å². The van der Waals surface area contributed by atoms with Crippen molar-refractivity contribution in [3.8, 4) is 5.75 Å². The van der Waals surface area contributed by atoms with E-state index < -0.39 is 23.3 Å². The van der Waals surface area contributed by atoms with Crippen molar-refractivity contribution in [1.29, 1.82) is 0 Å². The van der Waals surface area contributed by atoms with Gasteiger partial charge >= 0.3 is 12.1 Å². The zero-order chi connectivity index (χ0) is 21.2. The molecule has 0 saturated carbocycles. The van der Waals surface area contributed by atoms with Crippen LogP contribution >= 0.6 is 0 Å². The minimum atomic E-state index is -5.28. The zero-order valence-corrected chi connectivity index (χ0v) is 15.9. The minimum Gasteiger partial charge on any atom is -0.497 e. The molecule has 3 rings (SSSR count). The third-order valence-corrected chi connectivity index (χ3v) is 4.65. The molecule has 0 aliphatic heterocycles. The van der Waals surface area contributed by atoms with E-state index in [0.29, 0.717) is 11.3 Å². The van der Waals surface area contributed by atoms with E-state index in [1.54, 1.807) is 16.7 Å². The zero-order valence-electron chi connectivity index (χ0n) is 15.9. The van der Waals surface area contributed by atoms with E-state index in [9.17, 15) is 23.1 Å². The maximum absolute atomic E-state index is 13.9. The second-order valence-electron chi connectivity index (χ2n) is 6.47. The van der Waals surface area contributed by atoms with E-state index in [-0.39, 0.29) is 18.5 Å². The van der Waals surface area contributed by atoms with Crippen LogP contribution in [0.25, 0.3) is 10.9 Å². The number of ether oxygens (including phenoxy) is 2. The Morgan fingerprint density at radius 3 is 2.41 bits per heavy atom. The Balaban J connectivity index is 2.26. The molecule has 1 atom stereocenters. The molecular weight excluding hydrogens is 387 g/mol. The van der Waals surface area contributed by atoms with Crippen LogP contribution < -0.4 is 4.74 Å². The van der Waals surface area contributed by atoms with E-state index in [2.05, 4.69) is 4.74 Å². The van der Waals surface area contributed by atoms with E-state index in [1.165, 1.54) is 20.1 Å². The number of aromatic nitrogens is 1. The fourth-order valence-corrected chi connectivity index (χ4v) is 3.22. The average Bonchev–Trinajstić information content (AvgIpc) is 3.05. The summed E-state index contributed by atoms with van der Waals surface area (Å²) in [5.41, 5.74) is -3.15. The molecule has 154 valence electrons. The first-order chi connectivity index (χ1) is 13.7. The average molecular weight is 407 g/mol. The fraction of sp³-hybridized carbons (Fsp3) is 0.286. The van der Waals surface area contributed by atoms with Crippen LogP contribution in [0, 0.1) is 0 Å². The lowest BCUT2D eigenvalue weighted by molar-refractivity contribution is -0.267. The molecule has 0 bridgehead atoms. The second kappa shape index (κ2) is 7.79. The van der Waals surface area contributed by atoms with E-state index in [0.717, 1.165) is 11.8 Å². The third-order valence-electron chi connectivity index (χ3n) is 4.65. The van der Waals surface area contributed by atoms with Crippen molar-refractivity contribution in [3.63, 3.8) is 0 Å². The predicted octanol–water partition coefficient (Wildman–Crippen LogP) is 4.01. The first kappa shape index (κ1) is 20.7. The highest BCUT2D eigenvalue weighted by Crippen LogP contribution is 2.44. The molecule has 1 heterocycles. The third kappa shape index (κ3) is 3.67. The van der Waals surface area contributed by atoms with Gasteiger partial charge in [-0.15, -0.1) is 0 Å². The van der Waals surface area contributed by atoms with Gasteiger partial charge in [-0.05, 0) is 30.7 Å². The monoisotopic (exact) mass is 407 g/mol. The number of hydrogen-bond donors (Lipinski definition) is 1. The number of rotatable bonds is 6. The Morgan fingerprint density at radius 2 is 1.83 bits per heavy atom. The molecule has 0 spiro atoms. The number of halogens is 3. The fourth-order valence-electron chi connectivity index (χ4n) is 3.22. The molecule has 0 aliphatic rings. The summed E-state index contributed by atoms with van der Waals surface area (Å²) >= 11 is 0. The summed E-state index contributed by atoms with van der Waals surface area (Å²) in [6.07, 6.45) is -4.14. The first-order valence-electron chi connectivity index (χ1n) is 8.90. The summed E-state index contributed by atoms with van der Waals surface area (Å²) in [4.78, 5) is 12.2. The number of aliphatic hydroxyl groups is 1. The lowest BCUT2D eigenvalue weighted by Crippen LogP contribution is -2.50. The van der Waals surface area contributed by atoms with Crippen molar-refractivity contribution < 1.29 is 32.5 Å². The predicted molar refractivity (Wildman–Crippen MR) is 101 cm³/mol. The highest BCUT2D eigenvalue weighted by molar-refractivity contribution is 5.93. The molecule has 5 nitrogen and oxygen atoms in total. The standard InChI is InChI=1S/C21H20F3NO4/c1-3-29-19(26)20(27,21(22,23)24)17-13-25(12-14-7-5-4-6-8-14)18-10-9-15(28-2)11-16(17)18/h4-11,13,27H,3,12H2,1-2H3. The van der Waals surface area contributed by atoms with Gasteiger partial charge in [0, 0.05) is 29.2 Å². The van der Waals surface area contributed by atoms with Crippen LogP contribution in [0.2, 0.25) is 0 Å². The van der Waals surface area contributed by atoms with Gasteiger partial charge in [0.15, 0.2) is 0 Å². The van der Waals surface area contributed by atoms with Crippen molar-refractivity contribution in [1.82, 2.24) is 4.57 Å². The van der Waals surface area contributed by atoms with Gasteiger partial charge in [-0.2, -0.15) is 13.2 Å². The smallest absolute Gasteiger partial charge is 0.432 e. The maximum Gasteiger partial charge on any atom is 0.432 e. The Hall–Kier alpha value is -3.00. The number of benzene rings is 2. The molecule has 0 radical (unpaired) electrons. The number of carbonyl (C=O) groups is 1. The Kier molecular flexibility index (Phi) is 5.57. The van der Waals surface area contributed by atoms with Crippen LogP contribution in [0.15, 0.2) is 54.7 Å². The van der Waals surface area contributed by atoms with Crippen LogP contribution in [-0.4, -0.2) is 35.5 Å². The van der Waals surface area contributed by atoms with E-state index in [4.69, 9.17) is 4.74 Å². The lowest BCUT2D eigenvalue weighted by atomic mass is 9.92. The molecule has 2 aromatic carbocycles. The van der Waals surface area contributed by atoms with Gasteiger partial charge in [0.1, 0.15) is 5.75 Å². The largest absolute Gasteiger partial charge is 0.497 e. The van der Waals surface area contributed by atoms with Crippen molar-refractivity contribution in [3.05, 3.63) is 65.9 Å².